The van der Waals surface area contributed by atoms with Crippen molar-refractivity contribution in [2.75, 3.05) is 0 Å². The molecule has 0 fully saturated rings. The first-order valence-corrected chi connectivity index (χ1v) is 6.31. The minimum atomic E-state index is -0.985. The molecule has 1 unspecified atom stereocenters. The number of aliphatic carboxylic acids is 1. The largest absolute Gasteiger partial charge is 0.478 e. The third kappa shape index (κ3) is 3.12. The van der Waals surface area contributed by atoms with E-state index in [-0.39, 0.29) is 12.2 Å². The summed E-state index contributed by atoms with van der Waals surface area (Å²) in [5.41, 5.74) is 1.82. The number of aldehydes is 1. The maximum Gasteiger partial charge on any atom is 0.376 e. The lowest BCUT2D eigenvalue weighted by Gasteiger charge is -2.24. The molecule has 0 heterocycles. The molecule has 104 valence electrons. The molecule has 1 N–H and O–H groups in total. The molecule has 1 aromatic rings. The molecule has 20 heavy (non-hydrogen) atoms. The summed E-state index contributed by atoms with van der Waals surface area (Å²) in [6, 6.07) is 5.27. The molecule has 0 aliphatic heterocycles. The number of fused-ring (bicyclic) bond motifs is 1. The maximum absolute atomic E-state index is 11.1. The van der Waals surface area contributed by atoms with E-state index in [1.807, 2.05) is 6.07 Å². The van der Waals surface area contributed by atoms with E-state index in [0.29, 0.717) is 5.75 Å². The zero-order valence-corrected chi connectivity index (χ0v) is 10.7. The number of allylic oxidation sites excluding steroid dienone is 1. The van der Waals surface area contributed by atoms with Gasteiger partial charge in [0.25, 0.3) is 0 Å². The molecular formula is C15H14O5. The fraction of sp³-hybridized carbons (Fsp3) is 0.267. The lowest BCUT2D eigenvalue weighted by Crippen LogP contribution is -2.14. The van der Waals surface area contributed by atoms with Crippen molar-refractivity contribution in [1.29, 1.82) is 0 Å². The molecule has 5 nitrogen and oxygen atoms in total. The van der Waals surface area contributed by atoms with E-state index in [1.165, 1.54) is 0 Å². The van der Waals surface area contributed by atoms with E-state index in [0.717, 1.165) is 36.5 Å². The van der Waals surface area contributed by atoms with Crippen molar-refractivity contribution in [1.82, 2.24) is 0 Å². The number of carbonyl (C=O) groups excluding carboxylic acids is 2. The van der Waals surface area contributed by atoms with E-state index < -0.39 is 11.9 Å². The Balaban J connectivity index is 2.33. The van der Waals surface area contributed by atoms with Crippen LogP contribution in [0.25, 0.3) is 0 Å². The Kier molecular flexibility index (Phi) is 4.30. The SMILES string of the molecule is O=CC(=O)Oc1cccc2c1CCCC2/C=C/C(=O)O. The highest BCUT2D eigenvalue weighted by Gasteiger charge is 2.22. The van der Waals surface area contributed by atoms with Crippen LogP contribution in [0, 0.1) is 0 Å². The predicted octanol–water partition coefficient (Wildman–Crippen LogP) is 1.85. The summed E-state index contributed by atoms with van der Waals surface area (Å²) in [6.45, 7) is 0. The highest BCUT2D eigenvalue weighted by atomic mass is 16.5. The second kappa shape index (κ2) is 6.14. The second-order valence-corrected chi connectivity index (χ2v) is 4.56. The number of carboxylic acids is 1. The van der Waals surface area contributed by atoms with Crippen LogP contribution in [0.15, 0.2) is 30.4 Å². The summed E-state index contributed by atoms with van der Waals surface area (Å²) in [6.07, 6.45) is 5.37. The fourth-order valence-electron chi connectivity index (χ4n) is 2.48. The van der Waals surface area contributed by atoms with Gasteiger partial charge in [-0.05, 0) is 36.5 Å². The van der Waals surface area contributed by atoms with Crippen LogP contribution in [0.4, 0.5) is 0 Å². The highest BCUT2D eigenvalue weighted by Crippen LogP contribution is 2.37. The summed E-state index contributed by atoms with van der Waals surface area (Å²) < 4.78 is 4.99. The van der Waals surface area contributed by atoms with E-state index in [9.17, 15) is 14.4 Å². The molecule has 0 amide bonds. The van der Waals surface area contributed by atoms with Crippen molar-refractivity contribution in [3.63, 3.8) is 0 Å². The number of benzene rings is 1. The number of hydrogen-bond acceptors (Lipinski definition) is 4. The van der Waals surface area contributed by atoms with Crippen LogP contribution in [0.2, 0.25) is 0 Å². The minimum absolute atomic E-state index is 0.00951. The fourth-order valence-corrected chi connectivity index (χ4v) is 2.48. The van der Waals surface area contributed by atoms with Crippen LogP contribution in [0.3, 0.4) is 0 Å². The van der Waals surface area contributed by atoms with Gasteiger partial charge in [-0.2, -0.15) is 0 Å². The predicted molar refractivity (Wildman–Crippen MR) is 70.6 cm³/mol. The first-order valence-electron chi connectivity index (χ1n) is 6.31. The van der Waals surface area contributed by atoms with Crippen LogP contribution in [-0.2, 0) is 20.8 Å². The summed E-state index contributed by atoms with van der Waals surface area (Å²) in [5.74, 6) is -1.54. The van der Waals surface area contributed by atoms with Crippen molar-refractivity contribution in [3.05, 3.63) is 41.5 Å². The lowest BCUT2D eigenvalue weighted by atomic mass is 9.82. The van der Waals surface area contributed by atoms with Crippen LogP contribution in [-0.4, -0.2) is 23.3 Å². The Morgan fingerprint density at radius 2 is 2.15 bits per heavy atom. The molecule has 1 aliphatic carbocycles. The summed E-state index contributed by atoms with van der Waals surface area (Å²) in [7, 11) is 0. The van der Waals surface area contributed by atoms with E-state index in [2.05, 4.69) is 0 Å². The van der Waals surface area contributed by atoms with Gasteiger partial charge in [0.1, 0.15) is 5.75 Å². The monoisotopic (exact) mass is 274 g/mol. The highest BCUT2D eigenvalue weighted by molar-refractivity contribution is 6.21. The van der Waals surface area contributed by atoms with Gasteiger partial charge in [0.2, 0.25) is 6.29 Å². The molecule has 2 rings (SSSR count). The second-order valence-electron chi connectivity index (χ2n) is 4.56. The molecule has 5 heteroatoms. The van der Waals surface area contributed by atoms with Gasteiger partial charge in [0.05, 0.1) is 0 Å². The average Bonchev–Trinajstić information content (AvgIpc) is 2.45. The molecule has 0 saturated carbocycles. The van der Waals surface area contributed by atoms with Crippen LogP contribution in [0.5, 0.6) is 5.75 Å². The summed E-state index contributed by atoms with van der Waals surface area (Å²) >= 11 is 0. The van der Waals surface area contributed by atoms with Crippen LogP contribution in [0.1, 0.15) is 29.9 Å². The van der Waals surface area contributed by atoms with Crippen molar-refractivity contribution >= 4 is 18.2 Å². The van der Waals surface area contributed by atoms with Crippen molar-refractivity contribution < 1.29 is 24.2 Å². The standard InChI is InChI=1S/C15H14O5/c16-9-15(19)20-13-6-2-4-11-10(7-8-14(17)18)3-1-5-12(11)13/h2,4,6-10H,1,3,5H2,(H,17,18)/b8-7+. The van der Waals surface area contributed by atoms with E-state index in [1.54, 1.807) is 18.2 Å². The Labute approximate surface area is 115 Å². The average molecular weight is 274 g/mol. The third-order valence-corrected chi connectivity index (χ3v) is 3.29. The first kappa shape index (κ1) is 14.0. The van der Waals surface area contributed by atoms with Crippen LogP contribution >= 0.6 is 0 Å². The topological polar surface area (TPSA) is 80.7 Å². The Bertz CT molecular complexity index is 574. The summed E-state index contributed by atoms with van der Waals surface area (Å²) in [5, 5.41) is 8.70. The van der Waals surface area contributed by atoms with Crippen molar-refractivity contribution in [3.8, 4) is 5.75 Å². The lowest BCUT2D eigenvalue weighted by molar-refractivity contribution is -0.141. The normalized spacial score (nSPS) is 17.5. The Hall–Kier alpha value is -2.43. The third-order valence-electron chi connectivity index (χ3n) is 3.29. The zero-order chi connectivity index (χ0) is 14.5. The van der Waals surface area contributed by atoms with Gasteiger partial charge >= 0.3 is 11.9 Å². The zero-order valence-electron chi connectivity index (χ0n) is 10.7. The molecule has 0 spiro atoms. The molecule has 0 saturated heterocycles. The van der Waals surface area contributed by atoms with Gasteiger partial charge < -0.3 is 9.84 Å². The molecular weight excluding hydrogens is 260 g/mol. The molecule has 1 aliphatic rings. The summed E-state index contributed by atoms with van der Waals surface area (Å²) in [4.78, 5) is 32.1. The smallest absolute Gasteiger partial charge is 0.376 e. The van der Waals surface area contributed by atoms with Gasteiger partial charge in [0.15, 0.2) is 0 Å². The molecule has 1 atom stereocenters. The minimum Gasteiger partial charge on any atom is -0.478 e. The number of rotatable bonds is 4. The van der Waals surface area contributed by atoms with Gasteiger partial charge in [-0.15, -0.1) is 0 Å². The number of esters is 1. The van der Waals surface area contributed by atoms with Gasteiger partial charge in [-0.25, -0.2) is 9.59 Å². The number of hydrogen-bond donors (Lipinski definition) is 1. The molecule has 0 radical (unpaired) electrons. The van der Waals surface area contributed by atoms with Crippen molar-refractivity contribution in [2.45, 2.75) is 25.2 Å². The van der Waals surface area contributed by atoms with Crippen molar-refractivity contribution in [2.24, 2.45) is 0 Å². The molecule has 0 aromatic heterocycles. The van der Waals surface area contributed by atoms with Gasteiger partial charge in [-0.3, -0.25) is 4.79 Å². The first-order chi connectivity index (χ1) is 9.61. The Morgan fingerprint density at radius 3 is 2.85 bits per heavy atom. The maximum atomic E-state index is 11.1. The Morgan fingerprint density at radius 1 is 1.35 bits per heavy atom. The van der Waals surface area contributed by atoms with E-state index in [4.69, 9.17) is 9.84 Å². The van der Waals surface area contributed by atoms with Gasteiger partial charge in [0, 0.05) is 12.0 Å². The quantitative estimate of drug-likeness (QED) is 0.298. The van der Waals surface area contributed by atoms with Gasteiger partial charge in [-0.1, -0.05) is 18.2 Å². The van der Waals surface area contributed by atoms with Crippen LogP contribution < -0.4 is 4.74 Å². The molecule has 0 bridgehead atoms. The molecule has 1 aromatic carbocycles. The van der Waals surface area contributed by atoms with E-state index >= 15 is 0 Å². The number of carboxylic acid groups (broad SMARTS) is 1. The number of ether oxygens (including phenoxy) is 1. The number of carbonyl (C=O) groups is 3.